The Morgan fingerprint density at radius 3 is 2.23 bits per heavy atom. The highest BCUT2D eigenvalue weighted by atomic mass is 16.3. The van der Waals surface area contributed by atoms with Gasteiger partial charge in [-0.3, -0.25) is 28.9 Å². The Bertz CT molecular complexity index is 1570. The second-order valence-corrected chi connectivity index (χ2v) is 11.8. The molecule has 13 nitrogen and oxygen atoms in total. The number of carbonyl (C=O) groups excluding carboxylic acids is 6. The number of fused-ring (bicyclic) bond motifs is 3. The van der Waals surface area contributed by atoms with Gasteiger partial charge in [-0.2, -0.15) is 0 Å². The summed E-state index contributed by atoms with van der Waals surface area (Å²) in [4.78, 5) is 82.9. The summed E-state index contributed by atoms with van der Waals surface area (Å²) >= 11 is 0. The van der Waals surface area contributed by atoms with Gasteiger partial charge in [0.1, 0.15) is 5.75 Å². The van der Waals surface area contributed by atoms with Crippen LogP contribution in [0.1, 0.15) is 22.3 Å². The van der Waals surface area contributed by atoms with Gasteiger partial charge in [-0.15, -0.1) is 0 Å². The summed E-state index contributed by atoms with van der Waals surface area (Å²) in [6.07, 6.45) is 0.0421. The Morgan fingerprint density at radius 2 is 1.65 bits per heavy atom. The van der Waals surface area contributed by atoms with Crippen molar-refractivity contribution in [1.29, 1.82) is 0 Å². The summed E-state index contributed by atoms with van der Waals surface area (Å²) in [6.45, 7) is 0. The largest absolute Gasteiger partial charge is 0.505 e. The minimum atomic E-state index is -2.82. The Labute approximate surface area is 247 Å². The molecule has 2 aromatic carbocycles. The van der Waals surface area contributed by atoms with Crippen LogP contribution in [0.3, 0.4) is 0 Å². The number of ketones is 4. The minimum absolute atomic E-state index is 0.0585. The number of amides is 3. The fraction of sp³-hybridized carbons (Fsp3) is 0.400. The van der Waals surface area contributed by atoms with Crippen LogP contribution in [0.2, 0.25) is 0 Å². The maximum atomic E-state index is 14.1. The molecule has 13 heteroatoms. The summed E-state index contributed by atoms with van der Waals surface area (Å²) < 4.78 is 0. The van der Waals surface area contributed by atoms with Crippen molar-refractivity contribution >= 4 is 52.1 Å². The number of rotatable bonds is 5. The van der Waals surface area contributed by atoms with Crippen LogP contribution in [-0.4, -0.2) is 90.0 Å². The summed E-state index contributed by atoms with van der Waals surface area (Å²) in [5.41, 5.74) is 3.64. The molecular formula is C30H33N5O8. The Balaban J connectivity index is 1.58. The summed E-state index contributed by atoms with van der Waals surface area (Å²) in [5.74, 6) is -11.5. The average Bonchev–Trinajstić information content (AvgIpc) is 2.92. The predicted octanol–water partition coefficient (Wildman–Crippen LogP) is 0.577. The highest BCUT2D eigenvalue weighted by Crippen LogP contribution is 2.52. The Hall–Kier alpha value is -4.62. The standard InChI is InChI=1S/C30H33N5O8/c1-34(2)18-12-17(33-29(42)32-14-8-6-5-7-9-14)23(36)20-15(18)10-13-11-16-22(35(3)4)25(38)21(28(31)41)27(40)30(16,43)26(39)19(13)24(20)37/h5-9,12-13,16,19,21-22,36,43H,10-11H2,1-4H3,(H2,31,41)(H2,32,33,42)/t13?,16?,19?,21?,22-,30-/m0/s1. The van der Waals surface area contributed by atoms with Gasteiger partial charge in [0.2, 0.25) is 5.91 Å². The zero-order valence-electron chi connectivity index (χ0n) is 24.1. The van der Waals surface area contributed by atoms with Crippen molar-refractivity contribution in [1.82, 2.24) is 4.90 Å². The van der Waals surface area contributed by atoms with E-state index in [1.54, 1.807) is 49.3 Å². The number of primary amides is 1. The van der Waals surface area contributed by atoms with Crippen molar-refractivity contribution in [2.75, 3.05) is 43.7 Å². The van der Waals surface area contributed by atoms with Gasteiger partial charge in [-0.25, -0.2) is 4.79 Å². The number of phenolic OH excluding ortho intramolecular Hbond substituents is 1. The lowest BCUT2D eigenvalue weighted by Crippen LogP contribution is -2.74. The molecule has 0 saturated heterocycles. The number of nitrogens with zero attached hydrogens (tertiary/aromatic N) is 2. The van der Waals surface area contributed by atoms with Crippen molar-refractivity contribution in [2.24, 2.45) is 29.4 Å². The van der Waals surface area contributed by atoms with Gasteiger partial charge in [-0.1, -0.05) is 18.2 Å². The molecule has 226 valence electrons. The minimum Gasteiger partial charge on any atom is -0.505 e. The van der Waals surface area contributed by atoms with E-state index in [0.717, 1.165) is 0 Å². The van der Waals surface area contributed by atoms with Crippen molar-refractivity contribution in [3.05, 3.63) is 47.5 Å². The molecular weight excluding hydrogens is 558 g/mol. The second-order valence-electron chi connectivity index (χ2n) is 11.8. The number of aliphatic hydroxyl groups is 1. The van der Waals surface area contributed by atoms with Crippen LogP contribution in [0.5, 0.6) is 5.75 Å². The van der Waals surface area contributed by atoms with Crippen LogP contribution in [0.25, 0.3) is 0 Å². The monoisotopic (exact) mass is 591 g/mol. The molecule has 3 amide bonds. The van der Waals surface area contributed by atoms with Crippen LogP contribution < -0.4 is 21.3 Å². The number of benzene rings is 2. The summed E-state index contributed by atoms with van der Waals surface area (Å²) in [6, 6.07) is 8.20. The lowest BCUT2D eigenvalue weighted by atomic mass is 9.52. The summed E-state index contributed by atoms with van der Waals surface area (Å²) in [7, 11) is 6.48. The van der Waals surface area contributed by atoms with E-state index < -0.39 is 76.1 Å². The van der Waals surface area contributed by atoms with Crippen molar-refractivity contribution in [3.63, 3.8) is 0 Å². The first-order chi connectivity index (χ1) is 20.2. The van der Waals surface area contributed by atoms with Gasteiger partial charge in [0.05, 0.1) is 23.2 Å². The molecule has 3 aliphatic carbocycles. The molecule has 3 aliphatic rings. The van der Waals surface area contributed by atoms with Crippen molar-refractivity contribution in [2.45, 2.75) is 24.5 Å². The Morgan fingerprint density at radius 1 is 1.00 bits per heavy atom. The quantitative estimate of drug-likeness (QED) is 0.242. The van der Waals surface area contributed by atoms with E-state index in [-0.39, 0.29) is 24.1 Å². The number of carbonyl (C=O) groups is 6. The van der Waals surface area contributed by atoms with Gasteiger partial charge >= 0.3 is 6.03 Å². The number of anilines is 3. The third kappa shape index (κ3) is 4.55. The molecule has 6 N–H and O–H groups in total. The number of nitrogens with two attached hydrogens (primary N) is 1. The van der Waals surface area contributed by atoms with E-state index in [1.807, 2.05) is 0 Å². The van der Waals surface area contributed by atoms with Gasteiger partial charge < -0.3 is 31.5 Å². The number of para-hydroxylation sites is 1. The first kappa shape index (κ1) is 29.9. The second kappa shape index (κ2) is 10.6. The van der Waals surface area contributed by atoms with Gasteiger partial charge in [0.25, 0.3) is 0 Å². The molecule has 0 aromatic heterocycles. The molecule has 0 spiro atoms. The first-order valence-corrected chi connectivity index (χ1v) is 13.7. The zero-order chi connectivity index (χ0) is 31.5. The molecule has 5 rings (SSSR count). The zero-order valence-corrected chi connectivity index (χ0v) is 24.1. The molecule has 2 saturated carbocycles. The Kier molecular flexibility index (Phi) is 7.35. The molecule has 4 unspecified atom stereocenters. The molecule has 0 bridgehead atoms. The number of hydrogen-bond donors (Lipinski definition) is 5. The van der Waals surface area contributed by atoms with Crippen LogP contribution >= 0.6 is 0 Å². The van der Waals surface area contributed by atoms with Crippen LogP contribution in [0.4, 0.5) is 21.9 Å². The van der Waals surface area contributed by atoms with E-state index in [9.17, 15) is 39.0 Å². The normalized spacial score (nSPS) is 28.1. The number of urea groups is 1. The molecule has 0 radical (unpaired) electrons. The third-order valence-corrected chi connectivity index (χ3v) is 8.80. The lowest BCUT2D eigenvalue weighted by molar-refractivity contribution is -0.181. The average molecular weight is 592 g/mol. The third-order valence-electron chi connectivity index (χ3n) is 8.80. The predicted molar refractivity (Wildman–Crippen MR) is 155 cm³/mol. The molecule has 43 heavy (non-hydrogen) atoms. The highest BCUT2D eigenvalue weighted by molar-refractivity contribution is 6.32. The fourth-order valence-electron chi connectivity index (χ4n) is 6.95. The molecule has 6 atom stereocenters. The number of aromatic hydroxyl groups is 1. The van der Waals surface area contributed by atoms with E-state index in [0.29, 0.717) is 16.9 Å². The molecule has 0 heterocycles. The van der Waals surface area contributed by atoms with Gasteiger partial charge in [0, 0.05) is 31.4 Å². The molecule has 0 aliphatic heterocycles. The van der Waals surface area contributed by atoms with E-state index >= 15 is 0 Å². The van der Waals surface area contributed by atoms with Crippen LogP contribution in [0, 0.1) is 23.7 Å². The number of likely N-dealkylation sites (N-methyl/N-ethyl adjacent to an activating group) is 1. The van der Waals surface area contributed by atoms with Crippen molar-refractivity contribution < 1.29 is 39.0 Å². The van der Waals surface area contributed by atoms with Gasteiger partial charge in [-0.05, 0) is 56.6 Å². The molecule has 2 aromatic rings. The maximum absolute atomic E-state index is 14.1. The van der Waals surface area contributed by atoms with Crippen molar-refractivity contribution in [3.8, 4) is 5.75 Å². The van der Waals surface area contributed by atoms with Crippen LogP contribution in [0.15, 0.2) is 36.4 Å². The SMILES string of the molecule is CN(C)c1cc(NC(=O)Nc2ccccc2)c(O)c2c1CC1CC3[C@H](N(C)C)C(=O)C(C(N)=O)C(=O)[C@@]3(O)C(=O)C1C2=O. The highest BCUT2D eigenvalue weighted by Gasteiger charge is 2.69. The lowest BCUT2D eigenvalue weighted by Gasteiger charge is -2.52. The van der Waals surface area contributed by atoms with E-state index in [2.05, 4.69) is 10.6 Å². The van der Waals surface area contributed by atoms with Gasteiger partial charge in [0.15, 0.2) is 34.7 Å². The molecule has 2 fully saturated rings. The number of phenols is 1. The van der Waals surface area contributed by atoms with E-state index in [1.165, 1.54) is 25.1 Å². The fourth-order valence-corrected chi connectivity index (χ4v) is 6.95. The smallest absolute Gasteiger partial charge is 0.323 e. The van der Waals surface area contributed by atoms with E-state index in [4.69, 9.17) is 5.73 Å². The first-order valence-electron chi connectivity index (χ1n) is 13.7. The van der Waals surface area contributed by atoms with Crippen LogP contribution in [-0.2, 0) is 25.6 Å². The topological polar surface area (TPSA) is 199 Å². The maximum Gasteiger partial charge on any atom is 0.323 e. The number of Topliss-reactive ketones (excluding diaryl/α,β-unsaturated/α-hetero) is 4. The number of hydrogen-bond acceptors (Lipinski definition) is 10. The number of nitrogens with one attached hydrogen (secondary N) is 2. The summed E-state index contributed by atoms with van der Waals surface area (Å²) in [5, 5.41) is 28.2.